The van der Waals surface area contributed by atoms with Crippen LogP contribution >= 0.6 is 0 Å². The molecule has 3 rings (SSSR count). The molecule has 0 bridgehead atoms. The van der Waals surface area contributed by atoms with Crippen molar-refractivity contribution in [2.24, 2.45) is 7.05 Å². The van der Waals surface area contributed by atoms with Crippen molar-refractivity contribution in [2.45, 2.75) is 44.7 Å². The lowest BCUT2D eigenvalue weighted by atomic mass is 10.3. The van der Waals surface area contributed by atoms with E-state index in [0.29, 0.717) is 6.04 Å². The van der Waals surface area contributed by atoms with Crippen molar-refractivity contribution >= 4 is 0 Å². The molecule has 1 N–H and O–H groups in total. The van der Waals surface area contributed by atoms with E-state index in [1.165, 1.54) is 31.4 Å². The molecule has 0 unspecified atom stereocenters. The van der Waals surface area contributed by atoms with E-state index < -0.39 is 0 Å². The third kappa shape index (κ3) is 3.10. The minimum atomic E-state index is 0.637. The van der Waals surface area contributed by atoms with Crippen LogP contribution in [0.15, 0.2) is 24.5 Å². The minimum absolute atomic E-state index is 0.637. The van der Waals surface area contributed by atoms with E-state index in [1.807, 2.05) is 17.9 Å². The van der Waals surface area contributed by atoms with Gasteiger partial charge in [-0.05, 0) is 25.0 Å². The van der Waals surface area contributed by atoms with Crippen LogP contribution in [0.2, 0.25) is 0 Å². The van der Waals surface area contributed by atoms with Gasteiger partial charge in [-0.3, -0.25) is 9.36 Å². The zero-order valence-corrected chi connectivity index (χ0v) is 12.1. The van der Waals surface area contributed by atoms with Crippen LogP contribution in [0.5, 0.6) is 0 Å². The quantitative estimate of drug-likeness (QED) is 0.820. The highest BCUT2D eigenvalue weighted by atomic mass is 15.3. The smallest absolute Gasteiger partial charge is 0.0762 e. The van der Waals surface area contributed by atoms with Gasteiger partial charge in [-0.15, -0.1) is 0 Å². The highest BCUT2D eigenvalue weighted by Gasteiger charge is 2.17. The van der Waals surface area contributed by atoms with Crippen molar-refractivity contribution in [3.63, 3.8) is 0 Å². The minimum Gasteiger partial charge on any atom is -0.311 e. The standard InChI is InChI=1S/C15H23N5/c1-19-14(7-10-17-19)6-9-16-12-13-8-11-20(18-13)15-4-2-3-5-15/h7-8,10-11,15-16H,2-6,9,12H2,1H3. The maximum atomic E-state index is 4.68. The Morgan fingerprint density at radius 3 is 2.90 bits per heavy atom. The molecule has 2 heterocycles. The summed E-state index contributed by atoms with van der Waals surface area (Å²) in [7, 11) is 1.98. The second-order valence-corrected chi connectivity index (χ2v) is 5.60. The molecule has 1 saturated carbocycles. The van der Waals surface area contributed by atoms with E-state index in [0.717, 1.165) is 25.2 Å². The van der Waals surface area contributed by atoms with Gasteiger partial charge in [0.2, 0.25) is 0 Å². The van der Waals surface area contributed by atoms with Crippen molar-refractivity contribution in [3.8, 4) is 0 Å². The summed E-state index contributed by atoms with van der Waals surface area (Å²) in [6, 6.07) is 4.84. The zero-order valence-electron chi connectivity index (χ0n) is 12.1. The van der Waals surface area contributed by atoms with Gasteiger partial charge in [0.15, 0.2) is 0 Å². The molecule has 0 aliphatic heterocycles. The second kappa shape index (κ2) is 6.22. The van der Waals surface area contributed by atoms with Crippen LogP contribution in [0.4, 0.5) is 0 Å². The first-order valence-electron chi connectivity index (χ1n) is 7.54. The Hall–Kier alpha value is -1.62. The summed E-state index contributed by atoms with van der Waals surface area (Å²) in [4.78, 5) is 0. The van der Waals surface area contributed by atoms with Gasteiger partial charge in [0.05, 0.1) is 11.7 Å². The second-order valence-electron chi connectivity index (χ2n) is 5.60. The molecule has 0 spiro atoms. The molecule has 5 heteroatoms. The average molecular weight is 273 g/mol. The van der Waals surface area contributed by atoms with E-state index in [9.17, 15) is 0 Å². The van der Waals surface area contributed by atoms with E-state index in [1.54, 1.807) is 0 Å². The molecular formula is C15H23N5. The normalized spacial score (nSPS) is 16.1. The molecule has 1 aliphatic carbocycles. The highest BCUT2D eigenvalue weighted by Crippen LogP contribution is 2.28. The molecule has 0 atom stereocenters. The molecule has 0 amide bonds. The van der Waals surface area contributed by atoms with Crippen LogP contribution in [-0.4, -0.2) is 26.1 Å². The van der Waals surface area contributed by atoms with Crippen molar-refractivity contribution in [2.75, 3.05) is 6.54 Å². The first kappa shape index (κ1) is 13.4. The Morgan fingerprint density at radius 1 is 1.30 bits per heavy atom. The molecule has 0 saturated heterocycles. The Morgan fingerprint density at radius 2 is 2.15 bits per heavy atom. The molecular weight excluding hydrogens is 250 g/mol. The fourth-order valence-corrected chi connectivity index (χ4v) is 2.92. The molecule has 0 aromatic carbocycles. The largest absolute Gasteiger partial charge is 0.311 e. The molecule has 5 nitrogen and oxygen atoms in total. The number of aromatic nitrogens is 4. The summed E-state index contributed by atoms with van der Waals surface area (Å²) in [5.41, 5.74) is 2.40. The number of hydrogen-bond donors (Lipinski definition) is 1. The van der Waals surface area contributed by atoms with Crippen molar-refractivity contribution < 1.29 is 0 Å². The molecule has 1 fully saturated rings. The predicted octanol–water partition coefficient (Wildman–Crippen LogP) is 2.06. The first-order chi connectivity index (χ1) is 9.83. The van der Waals surface area contributed by atoms with Crippen molar-refractivity contribution in [1.82, 2.24) is 24.9 Å². The molecule has 2 aromatic heterocycles. The van der Waals surface area contributed by atoms with Gasteiger partial charge in [-0.1, -0.05) is 12.8 Å². The highest BCUT2D eigenvalue weighted by molar-refractivity contribution is 5.02. The van der Waals surface area contributed by atoms with Crippen LogP contribution in [0.3, 0.4) is 0 Å². The number of nitrogens with one attached hydrogen (secondary N) is 1. The van der Waals surface area contributed by atoms with Crippen molar-refractivity contribution in [3.05, 3.63) is 35.9 Å². The number of hydrogen-bond acceptors (Lipinski definition) is 3. The molecule has 1 aliphatic rings. The third-order valence-corrected chi connectivity index (χ3v) is 4.15. The van der Waals surface area contributed by atoms with Gasteiger partial charge in [0, 0.05) is 44.6 Å². The van der Waals surface area contributed by atoms with Gasteiger partial charge in [0.1, 0.15) is 0 Å². The maximum Gasteiger partial charge on any atom is 0.0762 e. The van der Waals surface area contributed by atoms with Gasteiger partial charge in [-0.25, -0.2) is 0 Å². The maximum absolute atomic E-state index is 4.68. The number of aryl methyl sites for hydroxylation is 1. The fraction of sp³-hybridized carbons (Fsp3) is 0.600. The van der Waals surface area contributed by atoms with E-state index in [4.69, 9.17) is 0 Å². The third-order valence-electron chi connectivity index (χ3n) is 4.15. The topological polar surface area (TPSA) is 47.7 Å². The molecule has 0 radical (unpaired) electrons. The molecule has 108 valence electrons. The lowest BCUT2D eigenvalue weighted by Crippen LogP contribution is -2.18. The van der Waals surface area contributed by atoms with Crippen LogP contribution in [0.25, 0.3) is 0 Å². The van der Waals surface area contributed by atoms with E-state index in [-0.39, 0.29) is 0 Å². The average Bonchev–Trinajstić information content (AvgIpc) is 3.17. The van der Waals surface area contributed by atoms with Crippen LogP contribution < -0.4 is 5.32 Å². The SMILES string of the molecule is Cn1nccc1CCNCc1ccn(C2CCCC2)n1. The number of rotatable bonds is 6. The summed E-state index contributed by atoms with van der Waals surface area (Å²) < 4.78 is 4.08. The Kier molecular flexibility index (Phi) is 4.16. The van der Waals surface area contributed by atoms with E-state index in [2.05, 4.69) is 38.5 Å². The van der Waals surface area contributed by atoms with Crippen LogP contribution in [0.1, 0.15) is 43.1 Å². The molecule has 20 heavy (non-hydrogen) atoms. The monoisotopic (exact) mass is 273 g/mol. The van der Waals surface area contributed by atoms with Crippen LogP contribution in [-0.2, 0) is 20.0 Å². The Labute approximate surface area is 120 Å². The summed E-state index contributed by atoms with van der Waals surface area (Å²) in [5.74, 6) is 0. The summed E-state index contributed by atoms with van der Waals surface area (Å²) in [5, 5.41) is 12.3. The predicted molar refractivity (Wildman–Crippen MR) is 78.4 cm³/mol. The Balaban J connectivity index is 1.43. The Bertz CT molecular complexity index is 536. The summed E-state index contributed by atoms with van der Waals surface area (Å²) >= 11 is 0. The van der Waals surface area contributed by atoms with Crippen LogP contribution in [0, 0.1) is 0 Å². The van der Waals surface area contributed by atoms with Crippen molar-refractivity contribution in [1.29, 1.82) is 0 Å². The fourth-order valence-electron chi connectivity index (χ4n) is 2.92. The zero-order chi connectivity index (χ0) is 13.8. The van der Waals surface area contributed by atoms with Gasteiger partial charge >= 0.3 is 0 Å². The van der Waals surface area contributed by atoms with Gasteiger partial charge in [-0.2, -0.15) is 10.2 Å². The lowest BCUT2D eigenvalue weighted by Gasteiger charge is -2.09. The summed E-state index contributed by atoms with van der Waals surface area (Å²) in [6.07, 6.45) is 10.3. The van der Waals surface area contributed by atoms with Gasteiger partial charge in [0.25, 0.3) is 0 Å². The number of nitrogens with zero attached hydrogens (tertiary/aromatic N) is 4. The lowest BCUT2D eigenvalue weighted by molar-refractivity contribution is 0.461. The van der Waals surface area contributed by atoms with E-state index >= 15 is 0 Å². The summed E-state index contributed by atoms with van der Waals surface area (Å²) in [6.45, 7) is 1.80. The molecule has 2 aromatic rings. The van der Waals surface area contributed by atoms with Gasteiger partial charge < -0.3 is 5.32 Å². The first-order valence-corrected chi connectivity index (χ1v) is 7.54.